The number of guanidine groups is 3. The van der Waals surface area contributed by atoms with E-state index in [4.69, 9.17) is 45.9 Å². The molecule has 2 aliphatic heterocycles. The maximum absolute atomic E-state index is 15.1. The molecule has 2 aromatic carbocycles. The number of carboxylic acid groups (broad SMARTS) is 1. The average Bonchev–Trinajstić information content (AvgIpc) is 1.73. The topological polar surface area (TPSA) is 660 Å². The number of aromatic hydroxyl groups is 1. The molecule has 0 aliphatic carbocycles. The van der Waals surface area contributed by atoms with Gasteiger partial charge in [0.2, 0.25) is 76.8 Å². The molecule has 2 saturated heterocycles. The monoisotopic (exact) mass is 1520 g/mol. The summed E-state index contributed by atoms with van der Waals surface area (Å²) in [6.07, 6.45) is -0.866. The first kappa shape index (κ1) is 88.3. The third-order valence-electron chi connectivity index (χ3n) is 16.8. The number of benzene rings is 2. The number of carbonyl (C=O) groups is 14. The highest BCUT2D eigenvalue weighted by molar-refractivity contribution is 8.00. The minimum Gasteiger partial charge on any atom is -0.508 e. The number of aliphatic imine (C=N–C) groups is 3. The Balaban J connectivity index is 1.85. The molecule has 13 amide bonds. The fourth-order valence-corrected chi connectivity index (χ4v) is 12.2. The normalized spacial score (nSPS) is 22.9. The fourth-order valence-electron chi connectivity index (χ4n) is 11.3. The van der Waals surface area contributed by atoms with Gasteiger partial charge in [-0.05, 0) is 126 Å². The van der Waals surface area contributed by atoms with Crippen molar-refractivity contribution in [2.75, 3.05) is 57.3 Å². The van der Waals surface area contributed by atoms with Crippen molar-refractivity contribution in [3.63, 3.8) is 0 Å². The molecule has 0 aromatic heterocycles. The molecule has 107 heavy (non-hydrogen) atoms. The largest absolute Gasteiger partial charge is 0.508 e. The Kier molecular flexibility index (Phi) is 38.6. The summed E-state index contributed by atoms with van der Waals surface area (Å²) in [7, 11) is 0. The molecule has 40 heteroatoms. The molecule has 0 radical (unpaired) electrons. The number of carboxylic acids is 1. The lowest BCUT2D eigenvalue weighted by Crippen LogP contribution is -2.60. The number of amides is 13. The third kappa shape index (κ3) is 33.7. The minimum atomic E-state index is -1.92. The predicted octanol–water partition coefficient (Wildman–Crippen LogP) is -6.80. The SMILES string of the molecule is CC(C)C[C@@H]1NC(=O)[C@H](Cc2ccc(O)cc2)NC(=O)CSC[C@@H](C(N)=O)NC(=O)CNC(=O)CNC(=O)[C@H](CCCN=C(N)N)NC(=O)[C@H](CC(=O)O)NC(=O)[C@H](CCCCN)NC(=O)[C@@H]2CCCN2C(=O)[C@H](CCCN=C(N)N)NC(=O)[C@H](CCc2ccccc2)NC(=O)[C@H](CCCN=C(N)N)NC1=O. The molecular formula is C67H105N23O16S. The molecule has 4 rings (SSSR count). The number of carbonyl (C=O) groups excluding carboxylic acids is 13. The molecule has 0 spiro atoms. The van der Waals surface area contributed by atoms with Crippen LogP contribution in [-0.4, -0.2) is 233 Å². The Hall–Kier alpha value is -11.1. The second-order valence-corrected chi connectivity index (χ2v) is 27.1. The van der Waals surface area contributed by atoms with Crippen molar-refractivity contribution in [1.29, 1.82) is 0 Å². The second kappa shape index (κ2) is 46.7. The number of phenolic OH excluding ortho intramolecular Hbond substituents is 1. The predicted molar refractivity (Wildman–Crippen MR) is 396 cm³/mol. The lowest BCUT2D eigenvalue weighted by atomic mass is 10.00. The van der Waals surface area contributed by atoms with Crippen molar-refractivity contribution in [2.24, 2.45) is 66.8 Å². The van der Waals surface area contributed by atoms with Gasteiger partial charge in [-0.3, -0.25) is 82.1 Å². The molecule has 2 aromatic rings. The number of primary amides is 1. The number of hydrogen-bond acceptors (Lipinski definition) is 20. The Morgan fingerprint density at radius 2 is 0.991 bits per heavy atom. The van der Waals surface area contributed by atoms with E-state index in [2.05, 4.69) is 73.5 Å². The van der Waals surface area contributed by atoms with E-state index in [1.165, 1.54) is 29.2 Å². The first-order valence-electron chi connectivity index (χ1n) is 35.2. The number of hydrogen-bond donors (Lipinski definition) is 21. The van der Waals surface area contributed by atoms with Gasteiger partial charge < -0.3 is 119 Å². The van der Waals surface area contributed by atoms with Gasteiger partial charge in [0.1, 0.15) is 66.2 Å². The van der Waals surface area contributed by atoms with E-state index in [0.29, 0.717) is 12.0 Å². The number of phenols is 1. The van der Waals surface area contributed by atoms with E-state index in [9.17, 15) is 67.7 Å². The summed E-state index contributed by atoms with van der Waals surface area (Å²) >= 11 is 0.812. The number of rotatable bonds is 26. The highest BCUT2D eigenvalue weighted by Gasteiger charge is 2.41. The van der Waals surface area contributed by atoms with Gasteiger partial charge in [0.15, 0.2) is 17.9 Å². The van der Waals surface area contributed by atoms with Gasteiger partial charge in [0, 0.05) is 38.4 Å². The molecule has 29 N–H and O–H groups in total. The van der Waals surface area contributed by atoms with E-state index < -0.39 is 168 Å². The summed E-state index contributed by atoms with van der Waals surface area (Å²) in [4.78, 5) is 210. The molecule has 2 aliphatic rings. The minimum absolute atomic E-state index is 0.0145. The van der Waals surface area contributed by atoms with Crippen LogP contribution in [0.2, 0.25) is 0 Å². The third-order valence-corrected chi connectivity index (χ3v) is 17.8. The zero-order valence-corrected chi connectivity index (χ0v) is 61.0. The van der Waals surface area contributed by atoms with Gasteiger partial charge in [-0.2, -0.15) is 0 Å². The van der Waals surface area contributed by atoms with Gasteiger partial charge in [0.25, 0.3) is 0 Å². The summed E-state index contributed by atoms with van der Waals surface area (Å²) in [5.41, 5.74) is 46.2. The number of aryl methyl sites for hydroxylation is 1. The highest BCUT2D eigenvalue weighted by Crippen LogP contribution is 2.22. The van der Waals surface area contributed by atoms with E-state index in [0.717, 1.165) is 17.3 Å². The van der Waals surface area contributed by atoms with Crippen LogP contribution in [0.5, 0.6) is 5.75 Å². The lowest BCUT2D eigenvalue weighted by Gasteiger charge is -2.31. The smallest absolute Gasteiger partial charge is 0.305 e. The van der Waals surface area contributed by atoms with Crippen LogP contribution in [0, 0.1) is 5.92 Å². The van der Waals surface area contributed by atoms with Crippen LogP contribution in [0.4, 0.5) is 0 Å². The van der Waals surface area contributed by atoms with Crippen molar-refractivity contribution in [3.05, 3.63) is 65.7 Å². The van der Waals surface area contributed by atoms with Crippen molar-refractivity contribution < 1.29 is 77.3 Å². The van der Waals surface area contributed by atoms with Crippen LogP contribution in [-0.2, 0) is 80.0 Å². The van der Waals surface area contributed by atoms with Crippen LogP contribution in [0.15, 0.2) is 69.6 Å². The molecule has 590 valence electrons. The molecular weight excluding hydrogens is 1410 g/mol. The summed E-state index contributed by atoms with van der Waals surface area (Å²) < 4.78 is 0. The van der Waals surface area contributed by atoms with Gasteiger partial charge >= 0.3 is 5.97 Å². The number of nitrogens with zero attached hydrogens (tertiary/aromatic N) is 4. The van der Waals surface area contributed by atoms with E-state index in [1.807, 2.05) is 0 Å². The number of thioether (sulfide) groups is 1. The fraction of sp³-hybridized carbons (Fsp3) is 0.567. The quantitative estimate of drug-likeness (QED) is 0.0236. The number of aliphatic carboxylic acids is 1. The van der Waals surface area contributed by atoms with Crippen molar-refractivity contribution in [1.82, 2.24) is 63.4 Å². The van der Waals surface area contributed by atoms with Crippen LogP contribution in [0.3, 0.4) is 0 Å². The van der Waals surface area contributed by atoms with Crippen molar-refractivity contribution in [2.45, 2.75) is 177 Å². The molecule has 2 fully saturated rings. The summed E-state index contributed by atoms with van der Waals surface area (Å²) in [5, 5.41) is 48.1. The molecule has 0 bridgehead atoms. The van der Waals surface area contributed by atoms with Gasteiger partial charge in [-0.15, -0.1) is 11.8 Å². The Morgan fingerprint density at radius 3 is 1.53 bits per heavy atom. The zero-order valence-electron chi connectivity index (χ0n) is 60.2. The average molecular weight is 1520 g/mol. The molecule has 39 nitrogen and oxygen atoms in total. The Labute approximate surface area is 623 Å². The Morgan fingerprint density at radius 1 is 0.514 bits per heavy atom. The molecule has 10 atom stereocenters. The first-order chi connectivity index (χ1) is 50.8. The standard InChI is InChI=1S/C67H105N23O16S/c1-37(2)30-46-60(102)84-43(16-9-27-77-66(72)73)57(99)85-44(24-21-38-12-4-3-5-13-38)59(101)87-45(17-10-28-78-67(74)75)64(106)90-29-11-18-50(90)63(105)86-42(14-6-7-25-68)58(100)89-48(32-54(95)96)62(104)83-41(15-8-26-76-65(70)71)56(98)80-33-51(92)79-34-52(93)82-49(55(69)97)35-107-36-53(94)81-47(61(103)88-46)31-39-19-22-40(91)23-20-39/h3-5,12-13,19-20,22-23,37,41-50,91H,6-11,14-18,21,24-36,68H2,1-2H3,(H2,69,97)(H,79,92)(H,80,98)(H,81,94)(H,82,93)(H,83,104)(H,84,102)(H,85,99)(H,86,105)(H,87,101)(H,88,103)(H,89,100)(H,95,96)(H4,70,71,76)(H4,72,73,77)(H4,74,75,78)/t41-,42-,43-,44-,45-,46-,47-,48-,49-,50-/m0/s1. The highest BCUT2D eigenvalue weighted by atomic mass is 32.2. The number of nitrogens with one attached hydrogen (secondary N) is 11. The maximum atomic E-state index is 15.1. The van der Waals surface area contributed by atoms with Crippen molar-refractivity contribution in [3.8, 4) is 5.75 Å². The summed E-state index contributed by atoms with van der Waals surface area (Å²) in [6.45, 7) is 1.92. The van der Waals surface area contributed by atoms with Crippen LogP contribution in [0.1, 0.15) is 115 Å². The number of fused-ring (bicyclic) bond motifs is 1. The number of nitrogens with two attached hydrogens (primary N) is 8. The summed E-state index contributed by atoms with van der Waals surface area (Å²) in [6, 6.07) is -0.359. The summed E-state index contributed by atoms with van der Waals surface area (Å²) in [5.74, 6) is -15.7. The lowest BCUT2D eigenvalue weighted by molar-refractivity contribution is -0.143. The van der Waals surface area contributed by atoms with Crippen LogP contribution < -0.4 is 104 Å². The van der Waals surface area contributed by atoms with Crippen LogP contribution >= 0.6 is 11.8 Å². The molecule has 0 unspecified atom stereocenters. The number of unbranched alkanes of at least 4 members (excludes halogenated alkanes) is 1. The maximum Gasteiger partial charge on any atom is 0.305 e. The molecule has 0 saturated carbocycles. The second-order valence-electron chi connectivity index (χ2n) is 26.0. The van der Waals surface area contributed by atoms with Gasteiger partial charge in [0.05, 0.1) is 25.3 Å². The molecule has 2 heterocycles. The van der Waals surface area contributed by atoms with E-state index in [-0.39, 0.29) is 158 Å². The first-order valence-corrected chi connectivity index (χ1v) is 36.3. The van der Waals surface area contributed by atoms with Gasteiger partial charge in [-0.1, -0.05) is 56.3 Å². The van der Waals surface area contributed by atoms with Crippen molar-refractivity contribution >= 4 is 112 Å². The van der Waals surface area contributed by atoms with Crippen LogP contribution in [0.25, 0.3) is 0 Å². The van der Waals surface area contributed by atoms with E-state index >= 15 is 9.59 Å². The zero-order chi connectivity index (χ0) is 79.1. The van der Waals surface area contributed by atoms with Gasteiger partial charge in [-0.25, -0.2) is 0 Å². The van der Waals surface area contributed by atoms with E-state index in [1.54, 1.807) is 44.2 Å². The Bertz CT molecular complexity index is 3450.